The van der Waals surface area contributed by atoms with Crippen LogP contribution in [0.1, 0.15) is 39.1 Å². The molecule has 0 fully saturated rings. The fourth-order valence-corrected chi connectivity index (χ4v) is 2.97. The van der Waals surface area contributed by atoms with Crippen molar-refractivity contribution in [2.24, 2.45) is 0 Å². The van der Waals surface area contributed by atoms with E-state index in [2.05, 4.69) is 6.07 Å². The monoisotopic (exact) mass is 387 g/mol. The molecule has 0 aliphatic heterocycles. The first kappa shape index (κ1) is 20.0. The summed E-state index contributed by atoms with van der Waals surface area (Å²) in [6, 6.07) is 21.5. The lowest BCUT2D eigenvalue weighted by molar-refractivity contribution is 0.0495. The minimum atomic E-state index is -0.512. The van der Waals surface area contributed by atoms with Gasteiger partial charge in [-0.1, -0.05) is 36.4 Å². The van der Waals surface area contributed by atoms with E-state index < -0.39 is 11.8 Å². The lowest BCUT2D eigenvalue weighted by Crippen LogP contribution is -2.09. The maximum Gasteiger partial charge on any atom is 0.338 e. The molecule has 0 heterocycles. The first-order chi connectivity index (χ1) is 14.1. The summed E-state index contributed by atoms with van der Waals surface area (Å²) >= 11 is 0. The Balaban J connectivity index is 1.63. The Morgan fingerprint density at radius 3 is 2.28 bits per heavy atom. The van der Waals surface area contributed by atoms with Crippen molar-refractivity contribution < 1.29 is 18.7 Å². The Morgan fingerprint density at radius 2 is 1.55 bits per heavy atom. The maximum absolute atomic E-state index is 12.9. The molecule has 0 atom stereocenters. The van der Waals surface area contributed by atoms with Crippen LogP contribution in [0.2, 0.25) is 0 Å². The Labute approximate surface area is 168 Å². The van der Waals surface area contributed by atoms with Crippen LogP contribution in [-0.2, 0) is 4.74 Å². The average molecular weight is 387 g/mol. The molecule has 0 amide bonds. The van der Waals surface area contributed by atoms with Crippen molar-refractivity contribution in [1.82, 2.24) is 0 Å². The predicted molar refractivity (Wildman–Crippen MR) is 107 cm³/mol. The quantitative estimate of drug-likeness (QED) is 0.318. The highest BCUT2D eigenvalue weighted by molar-refractivity contribution is 5.98. The van der Waals surface area contributed by atoms with Gasteiger partial charge in [-0.15, -0.1) is 0 Å². The van der Waals surface area contributed by atoms with Crippen LogP contribution in [0.4, 0.5) is 4.39 Å². The summed E-state index contributed by atoms with van der Waals surface area (Å²) < 4.78 is 18.3. The molecule has 0 unspecified atom stereocenters. The molecule has 0 aliphatic carbocycles. The van der Waals surface area contributed by atoms with Crippen molar-refractivity contribution in [2.45, 2.75) is 12.8 Å². The topological polar surface area (TPSA) is 67.2 Å². The summed E-state index contributed by atoms with van der Waals surface area (Å²) in [5, 5.41) is 9.32. The van der Waals surface area contributed by atoms with Gasteiger partial charge in [-0.3, -0.25) is 4.79 Å². The number of carbonyl (C=O) groups is 2. The average Bonchev–Trinajstić information content (AvgIpc) is 2.76. The Morgan fingerprint density at radius 1 is 0.897 bits per heavy atom. The molecule has 0 N–H and O–H groups in total. The summed E-state index contributed by atoms with van der Waals surface area (Å²) in [4.78, 5) is 24.6. The molecule has 3 aromatic carbocycles. The minimum Gasteiger partial charge on any atom is -0.462 e. The van der Waals surface area contributed by atoms with Crippen molar-refractivity contribution in [3.8, 4) is 17.2 Å². The Hall–Kier alpha value is -3.78. The van der Waals surface area contributed by atoms with Crippen molar-refractivity contribution in [1.29, 1.82) is 5.26 Å². The van der Waals surface area contributed by atoms with Gasteiger partial charge in [0, 0.05) is 17.5 Å². The Kier molecular flexibility index (Phi) is 6.49. The minimum absolute atomic E-state index is 0.0833. The van der Waals surface area contributed by atoms with Crippen LogP contribution in [0.3, 0.4) is 0 Å². The molecule has 0 aromatic heterocycles. The van der Waals surface area contributed by atoms with Crippen molar-refractivity contribution in [2.75, 3.05) is 6.61 Å². The highest BCUT2D eigenvalue weighted by atomic mass is 19.1. The van der Waals surface area contributed by atoms with Gasteiger partial charge < -0.3 is 4.74 Å². The zero-order valence-corrected chi connectivity index (χ0v) is 15.6. The lowest BCUT2D eigenvalue weighted by Gasteiger charge is -2.11. The highest BCUT2D eigenvalue weighted by Gasteiger charge is 2.16. The number of nitriles is 1. The molecule has 0 saturated carbocycles. The van der Waals surface area contributed by atoms with Crippen molar-refractivity contribution in [3.05, 3.63) is 95.3 Å². The van der Waals surface area contributed by atoms with Crippen molar-refractivity contribution in [3.63, 3.8) is 0 Å². The molecule has 3 rings (SSSR count). The van der Waals surface area contributed by atoms with Crippen LogP contribution >= 0.6 is 0 Å². The number of ether oxygens (including phenoxy) is 1. The van der Waals surface area contributed by atoms with Gasteiger partial charge in [0.25, 0.3) is 0 Å². The second-order valence-electron chi connectivity index (χ2n) is 6.37. The maximum atomic E-state index is 12.9. The summed E-state index contributed by atoms with van der Waals surface area (Å²) in [6.07, 6.45) is 0.552. The lowest BCUT2D eigenvalue weighted by atomic mass is 9.96. The first-order valence-electron chi connectivity index (χ1n) is 9.14. The third kappa shape index (κ3) is 4.94. The van der Waals surface area contributed by atoms with E-state index >= 15 is 0 Å². The molecular weight excluding hydrogens is 369 g/mol. The van der Waals surface area contributed by atoms with E-state index in [0.29, 0.717) is 34.2 Å². The molecule has 0 aliphatic rings. The first-order valence-corrected chi connectivity index (χ1v) is 9.14. The number of halogens is 1. The van der Waals surface area contributed by atoms with Gasteiger partial charge in [0.1, 0.15) is 5.82 Å². The standard InChI is InChI=1S/C24H18FNO3/c25-19-13-11-17(12-14-19)23(27)10-5-15-29-24(28)22-9-4-3-8-21(22)20-7-2-1-6-18(20)16-26/h1-4,6-9,11-14H,5,10,15H2. The normalized spacial score (nSPS) is 10.2. The summed E-state index contributed by atoms with van der Waals surface area (Å²) in [5.74, 6) is -1.04. The van der Waals surface area contributed by atoms with E-state index in [1.165, 1.54) is 24.3 Å². The van der Waals surface area contributed by atoms with Gasteiger partial charge in [-0.05, 0) is 48.4 Å². The molecule has 0 bridgehead atoms. The Bertz CT molecular complexity index is 1070. The molecule has 3 aromatic rings. The second kappa shape index (κ2) is 9.43. The largest absolute Gasteiger partial charge is 0.462 e. The van der Waals surface area contributed by atoms with Gasteiger partial charge in [-0.25, -0.2) is 9.18 Å². The van der Waals surface area contributed by atoms with E-state index in [-0.39, 0.29) is 18.8 Å². The van der Waals surface area contributed by atoms with Gasteiger partial charge in [0.05, 0.1) is 23.8 Å². The molecule has 0 spiro atoms. The van der Waals surface area contributed by atoms with Crippen LogP contribution in [0, 0.1) is 17.1 Å². The van der Waals surface area contributed by atoms with Crippen LogP contribution in [0.25, 0.3) is 11.1 Å². The van der Waals surface area contributed by atoms with Gasteiger partial charge in [0.15, 0.2) is 5.78 Å². The molecule has 0 radical (unpaired) electrons. The van der Waals surface area contributed by atoms with Crippen LogP contribution < -0.4 is 0 Å². The van der Waals surface area contributed by atoms with Crippen molar-refractivity contribution >= 4 is 11.8 Å². The van der Waals surface area contributed by atoms with E-state index in [1.807, 2.05) is 0 Å². The molecule has 144 valence electrons. The molecule has 5 heteroatoms. The van der Waals surface area contributed by atoms with E-state index in [4.69, 9.17) is 4.74 Å². The van der Waals surface area contributed by atoms with E-state index in [1.54, 1.807) is 48.5 Å². The number of ketones is 1. The van der Waals surface area contributed by atoms with Crippen LogP contribution in [0.5, 0.6) is 0 Å². The number of Topliss-reactive ketones (excluding diaryl/α,β-unsaturated/α-hetero) is 1. The molecule has 0 saturated heterocycles. The van der Waals surface area contributed by atoms with E-state index in [9.17, 15) is 19.2 Å². The molecular formula is C24H18FNO3. The zero-order chi connectivity index (χ0) is 20.6. The number of hydrogen-bond donors (Lipinski definition) is 0. The van der Waals surface area contributed by atoms with Gasteiger partial charge in [0.2, 0.25) is 0 Å². The van der Waals surface area contributed by atoms with E-state index in [0.717, 1.165) is 0 Å². The summed E-state index contributed by atoms with van der Waals surface area (Å²) in [6.45, 7) is 0.0833. The molecule has 29 heavy (non-hydrogen) atoms. The number of nitrogens with zero attached hydrogens (tertiary/aromatic N) is 1. The predicted octanol–water partition coefficient (Wildman–Crippen LogP) is 5.18. The zero-order valence-electron chi connectivity index (χ0n) is 15.6. The number of rotatable bonds is 7. The smallest absolute Gasteiger partial charge is 0.338 e. The number of benzene rings is 3. The SMILES string of the molecule is N#Cc1ccccc1-c1ccccc1C(=O)OCCCC(=O)c1ccc(F)cc1. The fourth-order valence-electron chi connectivity index (χ4n) is 2.97. The number of carbonyl (C=O) groups excluding carboxylic acids is 2. The second-order valence-corrected chi connectivity index (χ2v) is 6.37. The van der Waals surface area contributed by atoms with Crippen LogP contribution in [-0.4, -0.2) is 18.4 Å². The molecule has 4 nitrogen and oxygen atoms in total. The van der Waals surface area contributed by atoms with Crippen LogP contribution in [0.15, 0.2) is 72.8 Å². The number of hydrogen-bond acceptors (Lipinski definition) is 4. The summed E-state index contributed by atoms with van der Waals surface area (Å²) in [5.41, 5.74) is 2.54. The van der Waals surface area contributed by atoms with Gasteiger partial charge >= 0.3 is 5.97 Å². The third-order valence-electron chi connectivity index (χ3n) is 4.43. The highest BCUT2D eigenvalue weighted by Crippen LogP contribution is 2.27. The number of esters is 1. The third-order valence-corrected chi connectivity index (χ3v) is 4.43. The summed E-state index contributed by atoms with van der Waals surface area (Å²) in [7, 11) is 0. The fraction of sp³-hybridized carbons (Fsp3) is 0.125. The van der Waals surface area contributed by atoms with Gasteiger partial charge in [-0.2, -0.15) is 5.26 Å².